The first-order valence-electron chi connectivity index (χ1n) is 10.6. The van der Waals surface area contributed by atoms with Crippen LogP contribution in [0.3, 0.4) is 0 Å². The molecule has 8 nitrogen and oxygen atoms in total. The quantitative estimate of drug-likeness (QED) is 0.724. The molecule has 1 aromatic carbocycles. The van der Waals surface area contributed by atoms with Crippen molar-refractivity contribution in [2.24, 2.45) is 0 Å². The number of amides is 2. The van der Waals surface area contributed by atoms with Crippen LogP contribution < -0.4 is 15.8 Å². The lowest BCUT2D eigenvalue weighted by Crippen LogP contribution is -2.56. The number of fused-ring (bicyclic) bond motifs is 4. The van der Waals surface area contributed by atoms with Gasteiger partial charge >= 0.3 is 0 Å². The number of hydrogen-bond donors (Lipinski definition) is 2. The SMILES string of the molecule is CC.C[C@H]1[C@@H](F)CCN2CN1C(=O)c1c(O)c(=O)c(C(=O)NCc3ccc(F)cc3F)cn12. The van der Waals surface area contributed by atoms with E-state index in [4.69, 9.17) is 0 Å². The number of aromatic nitrogens is 1. The number of nitrogens with one attached hydrogen (secondary N) is 1. The zero-order chi connectivity index (χ0) is 24.4. The van der Waals surface area contributed by atoms with Gasteiger partial charge in [-0.3, -0.25) is 24.1 Å². The van der Waals surface area contributed by atoms with Crippen LogP contribution in [0.4, 0.5) is 13.2 Å². The van der Waals surface area contributed by atoms with Gasteiger partial charge in [-0.05, 0) is 19.4 Å². The second-order valence-electron chi connectivity index (χ2n) is 7.52. The van der Waals surface area contributed by atoms with Crippen LogP contribution >= 0.6 is 0 Å². The maximum Gasteiger partial charge on any atom is 0.278 e. The van der Waals surface area contributed by atoms with Gasteiger partial charge in [-0.1, -0.05) is 19.9 Å². The summed E-state index contributed by atoms with van der Waals surface area (Å²) in [6, 6.07) is 2.10. The van der Waals surface area contributed by atoms with Crippen LogP contribution in [0.2, 0.25) is 0 Å². The lowest BCUT2D eigenvalue weighted by atomic mass is 10.1. The van der Waals surface area contributed by atoms with E-state index in [9.17, 15) is 32.7 Å². The molecule has 2 N–H and O–H groups in total. The molecule has 3 heterocycles. The first-order chi connectivity index (χ1) is 15.7. The number of benzene rings is 1. The van der Waals surface area contributed by atoms with Gasteiger partial charge in [0, 0.05) is 30.9 Å². The van der Waals surface area contributed by atoms with Crippen LogP contribution in [0.25, 0.3) is 0 Å². The Hall–Kier alpha value is -3.50. The molecule has 2 aliphatic heterocycles. The van der Waals surface area contributed by atoms with E-state index in [-0.39, 0.29) is 37.4 Å². The average Bonchev–Trinajstić information content (AvgIpc) is 2.92. The molecule has 11 heteroatoms. The van der Waals surface area contributed by atoms with Gasteiger partial charge in [0.25, 0.3) is 11.8 Å². The highest BCUT2D eigenvalue weighted by atomic mass is 19.1. The van der Waals surface area contributed by atoms with Gasteiger partial charge < -0.3 is 15.3 Å². The van der Waals surface area contributed by atoms with Gasteiger partial charge in [0.05, 0.1) is 6.04 Å². The molecule has 1 saturated heterocycles. The Kier molecular flexibility index (Phi) is 6.99. The second-order valence-corrected chi connectivity index (χ2v) is 7.52. The highest BCUT2D eigenvalue weighted by molar-refractivity contribution is 5.99. The van der Waals surface area contributed by atoms with Crippen molar-refractivity contribution in [2.45, 2.75) is 46.0 Å². The van der Waals surface area contributed by atoms with Crippen molar-refractivity contribution >= 4 is 11.8 Å². The van der Waals surface area contributed by atoms with E-state index in [1.807, 2.05) is 13.8 Å². The van der Waals surface area contributed by atoms with E-state index in [0.29, 0.717) is 6.07 Å². The zero-order valence-corrected chi connectivity index (χ0v) is 18.4. The molecule has 2 amide bonds. The van der Waals surface area contributed by atoms with Crippen LogP contribution in [0.1, 0.15) is 53.6 Å². The second kappa shape index (κ2) is 9.55. The molecule has 2 bridgehead atoms. The molecule has 0 spiro atoms. The largest absolute Gasteiger partial charge is 0.502 e. The van der Waals surface area contributed by atoms with E-state index < -0.39 is 52.4 Å². The topological polar surface area (TPSA) is 94.9 Å². The molecule has 0 aliphatic carbocycles. The number of rotatable bonds is 3. The predicted molar refractivity (Wildman–Crippen MR) is 114 cm³/mol. The van der Waals surface area contributed by atoms with E-state index in [1.165, 1.54) is 9.58 Å². The van der Waals surface area contributed by atoms with Crippen molar-refractivity contribution in [3.8, 4) is 5.75 Å². The monoisotopic (exact) mass is 466 g/mol. The predicted octanol–water partition coefficient (Wildman–Crippen LogP) is 2.27. The molecule has 178 valence electrons. The number of pyridine rings is 1. The normalized spacial score (nSPS) is 19.3. The maximum absolute atomic E-state index is 14.3. The highest BCUT2D eigenvalue weighted by Gasteiger charge is 2.40. The minimum Gasteiger partial charge on any atom is -0.502 e. The van der Waals surface area contributed by atoms with E-state index in [2.05, 4.69) is 5.32 Å². The van der Waals surface area contributed by atoms with Crippen LogP contribution in [0.5, 0.6) is 5.75 Å². The third-order valence-electron chi connectivity index (χ3n) is 5.63. The average molecular weight is 466 g/mol. The van der Waals surface area contributed by atoms with Crippen LogP contribution in [0.15, 0.2) is 29.2 Å². The Morgan fingerprint density at radius 3 is 2.61 bits per heavy atom. The van der Waals surface area contributed by atoms with Crippen LogP contribution in [0, 0.1) is 11.6 Å². The molecule has 2 aromatic rings. The zero-order valence-electron chi connectivity index (χ0n) is 18.4. The van der Waals surface area contributed by atoms with Gasteiger partial charge in [-0.2, -0.15) is 0 Å². The van der Waals surface area contributed by atoms with Crippen molar-refractivity contribution in [2.75, 3.05) is 18.2 Å². The Morgan fingerprint density at radius 1 is 1.24 bits per heavy atom. The number of carbonyl (C=O) groups excluding carboxylic acids is 2. The standard InChI is InChI=1S/C20H19F3N4O4.C2H6/c1-10-14(22)4-5-25-9-26(10)20(31)16-18(29)17(28)13(8-27(16)25)19(30)24-7-11-2-3-12(21)6-15(11)23;1-2/h2-3,6,8,10,14,29H,4-5,7,9H2,1H3,(H,24,30);1-2H3/t10-,14-;/m0./s1. The smallest absolute Gasteiger partial charge is 0.278 e. The minimum absolute atomic E-state index is 0.00153. The lowest BCUT2D eigenvalue weighted by molar-refractivity contribution is 0.0554. The molecule has 2 aliphatic rings. The summed E-state index contributed by atoms with van der Waals surface area (Å²) < 4.78 is 42.3. The van der Waals surface area contributed by atoms with Crippen molar-refractivity contribution in [3.63, 3.8) is 0 Å². The summed E-state index contributed by atoms with van der Waals surface area (Å²) in [7, 11) is 0. The van der Waals surface area contributed by atoms with Crippen molar-refractivity contribution in [1.29, 1.82) is 0 Å². The van der Waals surface area contributed by atoms with E-state index in [0.717, 1.165) is 18.3 Å². The highest BCUT2D eigenvalue weighted by Crippen LogP contribution is 2.27. The van der Waals surface area contributed by atoms with E-state index >= 15 is 0 Å². The molecule has 0 saturated carbocycles. The van der Waals surface area contributed by atoms with Gasteiger partial charge in [0.1, 0.15) is 30.0 Å². The van der Waals surface area contributed by atoms with Gasteiger partial charge in [-0.25, -0.2) is 13.2 Å². The number of hydrogen-bond acceptors (Lipinski definition) is 5. The first-order valence-corrected chi connectivity index (χ1v) is 10.6. The summed E-state index contributed by atoms with van der Waals surface area (Å²) >= 11 is 0. The Morgan fingerprint density at radius 2 is 1.94 bits per heavy atom. The Bertz CT molecular complexity index is 1140. The fraction of sp³-hybridized carbons (Fsp3) is 0.409. The Labute approximate surface area is 188 Å². The molecular formula is C22H25F3N4O4. The molecule has 4 rings (SSSR count). The molecule has 0 unspecified atom stereocenters. The first kappa shape index (κ1) is 24.1. The molecule has 2 atom stereocenters. The molecule has 33 heavy (non-hydrogen) atoms. The number of aromatic hydroxyl groups is 1. The summed E-state index contributed by atoms with van der Waals surface area (Å²) in [5, 5.41) is 14.3. The van der Waals surface area contributed by atoms with Crippen molar-refractivity contribution in [3.05, 3.63) is 63.1 Å². The van der Waals surface area contributed by atoms with Crippen molar-refractivity contribution < 1.29 is 27.9 Å². The van der Waals surface area contributed by atoms with E-state index in [1.54, 1.807) is 11.9 Å². The van der Waals surface area contributed by atoms with Crippen molar-refractivity contribution in [1.82, 2.24) is 14.9 Å². The minimum atomic E-state index is -1.29. The molecular weight excluding hydrogens is 441 g/mol. The summed E-state index contributed by atoms with van der Waals surface area (Å²) in [5.41, 5.74) is -1.90. The van der Waals surface area contributed by atoms with Crippen LogP contribution in [-0.2, 0) is 6.54 Å². The van der Waals surface area contributed by atoms with Gasteiger partial charge in [0.2, 0.25) is 5.43 Å². The number of nitrogens with zero attached hydrogens (tertiary/aromatic N) is 3. The summed E-state index contributed by atoms with van der Waals surface area (Å²) in [5.74, 6) is -4.20. The third kappa shape index (κ3) is 4.39. The number of alkyl halides is 1. The van der Waals surface area contributed by atoms with Gasteiger partial charge in [0.15, 0.2) is 11.4 Å². The molecule has 0 radical (unpaired) electrons. The Balaban J connectivity index is 0.00000149. The van der Waals surface area contributed by atoms with Crippen LogP contribution in [-0.4, -0.2) is 51.9 Å². The van der Waals surface area contributed by atoms with Gasteiger partial charge in [-0.15, -0.1) is 0 Å². The lowest BCUT2D eigenvalue weighted by Gasteiger charge is -2.39. The summed E-state index contributed by atoms with van der Waals surface area (Å²) in [4.78, 5) is 39.2. The fourth-order valence-corrected chi connectivity index (χ4v) is 3.75. The third-order valence-corrected chi connectivity index (χ3v) is 5.63. The number of halogens is 3. The molecule has 1 fully saturated rings. The number of carbonyl (C=O) groups is 2. The summed E-state index contributed by atoms with van der Waals surface area (Å²) in [6.45, 7) is 5.43. The maximum atomic E-state index is 14.3. The fourth-order valence-electron chi connectivity index (χ4n) is 3.75. The molecule has 1 aromatic heterocycles. The summed E-state index contributed by atoms with van der Waals surface area (Å²) in [6.07, 6.45) is -0.0689.